The number of anilines is 1. The summed E-state index contributed by atoms with van der Waals surface area (Å²) < 4.78 is 5.80. The molecule has 0 aromatic heterocycles. The molecule has 0 heterocycles. The average molecular weight is 331 g/mol. The van der Waals surface area contributed by atoms with Crippen LogP contribution in [0, 0.1) is 20.8 Å². The van der Waals surface area contributed by atoms with Crippen molar-refractivity contribution < 1.29 is 9.53 Å². The van der Waals surface area contributed by atoms with Gasteiger partial charge >= 0.3 is 0 Å². The molecule has 0 saturated heterocycles. The average Bonchev–Trinajstić information content (AvgIpc) is 2.60. The highest BCUT2D eigenvalue weighted by atomic mass is 16.5. The monoisotopic (exact) mass is 331 g/mol. The van der Waals surface area contributed by atoms with E-state index in [0.717, 1.165) is 28.3 Å². The van der Waals surface area contributed by atoms with Crippen LogP contribution in [0.2, 0.25) is 0 Å². The van der Waals surface area contributed by atoms with Crippen LogP contribution in [-0.4, -0.2) is 5.91 Å². The Kier molecular flexibility index (Phi) is 4.85. The Morgan fingerprint density at radius 3 is 1.96 bits per heavy atom. The maximum Gasteiger partial charge on any atom is 0.255 e. The number of ether oxygens (including phenoxy) is 1. The summed E-state index contributed by atoms with van der Waals surface area (Å²) in [4.78, 5) is 12.5. The lowest BCUT2D eigenvalue weighted by Gasteiger charge is -2.10. The summed E-state index contributed by atoms with van der Waals surface area (Å²) >= 11 is 0. The number of nitrogens with one attached hydrogen (secondary N) is 1. The lowest BCUT2D eigenvalue weighted by Crippen LogP contribution is -2.13. The molecule has 0 saturated carbocycles. The number of amides is 1. The van der Waals surface area contributed by atoms with Crippen LogP contribution in [0.4, 0.5) is 5.69 Å². The third kappa shape index (κ3) is 4.27. The van der Waals surface area contributed by atoms with Crippen molar-refractivity contribution in [3.05, 3.63) is 89.0 Å². The van der Waals surface area contributed by atoms with E-state index in [1.807, 2.05) is 87.5 Å². The van der Waals surface area contributed by atoms with Crippen molar-refractivity contribution in [3.8, 4) is 11.5 Å². The fourth-order valence-electron chi connectivity index (χ4n) is 2.53. The molecule has 3 rings (SSSR count). The highest BCUT2D eigenvalue weighted by molar-refractivity contribution is 6.05. The van der Waals surface area contributed by atoms with Gasteiger partial charge in [-0.1, -0.05) is 35.4 Å². The SMILES string of the molecule is Cc1ccc(Oc2ccc(NC(=O)c3cc(C)ccc3C)cc2)cc1. The summed E-state index contributed by atoms with van der Waals surface area (Å²) in [7, 11) is 0. The van der Waals surface area contributed by atoms with Crippen LogP contribution >= 0.6 is 0 Å². The maximum absolute atomic E-state index is 12.5. The second-order valence-corrected chi connectivity index (χ2v) is 6.21. The topological polar surface area (TPSA) is 38.3 Å². The Morgan fingerprint density at radius 1 is 0.760 bits per heavy atom. The van der Waals surface area contributed by atoms with Crippen LogP contribution in [0.5, 0.6) is 11.5 Å². The van der Waals surface area contributed by atoms with E-state index in [-0.39, 0.29) is 5.91 Å². The van der Waals surface area contributed by atoms with Crippen LogP contribution in [0.25, 0.3) is 0 Å². The first-order chi connectivity index (χ1) is 12.0. The molecule has 3 nitrogen and oxygen atoms in total. The Hall–Kier alpha value is -3.07. The molecule has 0 aliphatic heterocycles. The molecule has 0 unspecified atom stereocenters. The summed E-state index contributed by atoms with van der Waals surface area (Å²) in [5.74, 6) is 1.42. The summed E-state index contributed by atoms with van der Waals surface area (Å²) in [6.07, 6.45) is 0. The van der Waals surface area contributed by atoms with Crippen LogP contribution in [-0.2, 0) is 0 Å². The van der Waals surface area contributed by atoms with Gasteiger partial charge in [0.25, 0.3) is 5.91 Å². The molecule has 3 aromatic rings. The lowest BCUT2D eigenvalue weighted by molar-refractivity contribution is 0.102. The largest absolute Gasteiger partial charge is 0.457 e. The maximum atomic E-state index is 12.5. The second-order valence-electron chi connectivity index (χ2n) is 6.21. The van der Waals surface area contributed by atoms with Crippen molar-refractivity contribution in [1.82, 2.24) is 0 Å². The minimum atomic E-state index is -0.103. The zero-order valence-electron chi connectivity index (χ0n) is 14.7. The first-order valence-corrected chi connectivity index (χ1v) is 8.24. The summed E-state index contributed by atoms with van der Waals surface area (Å²) in [6, 6.07) is 21.1. The standard InChI is InChI=1S/C22H21NO2/c1-15-5-10-19(11-6-15)25-20-12-8-18(9-13-20)23-22(24)21-14-16(2)4-7-17(21)3/h4-14H,1-3H3,(H,23,24). The molecular formula is C22H21NO2. The van der Waals surface area contributed by atoms with E-state index < -0.39 is 0 Å². The van der Waals surface area contributed by atoms with Gasteiger partial charge in [-0.3, -0.25) is 4.79 Å². The molecule has 1 N–H and O–H groups in total. The van der Waals surface area contributed by atoms with Crippen molar-refractivity contribution in [2.75, 3.05) is 5.32 Å². The third-order valence-electron chi connectivity index (χ3n) is 4.01. The smallest absolute Gasteiger partial charge is 0.255 e. The Balaban J connectivity index is 1.69. The molecule has 0 radical (unpaired) electrons. The molecule has 1 amide bonds. The zero-order chi connectivity index (χ0) is 17.8. The molecule has 0 atom stereocenters. The normalized spacial score (nSPS) is 10.4. The summed E-state index contributed by atoms with van der Waals surface area (Å²) in [5.41, 5.74) is 4.65. The number of aryl methyl sites for hydroxylation is 3. The number of carbonyl (C=O) groups is 1. The van der Waals surface area contributed by atoms with Gasteiger partial charge in [0, 0.05) is 11.3 Å². The van der Waals surface area contributed by atoms with Crippen molar-refractivity contribution in [3.63, 3.8) is 0 Å². The van der Waals surface area contributed by atoms with Crippen LogP contribution < -0.4 is 10.1 Å². The van der Waals surface area contributed by atoms with E-state index in [0.29, 0.717) is 5.56 Å². The first-order valence-electron chi connectivity index (χ1n) is 8.24. The van der Waals surface area contributed by atoms with Gasteiger partial charge in [0.1, 0.15) is 11.5 Å². The molecule has 126 valence electrons. The van der Waals surface area contributed by atoms with Crippen molar-refractivity contribution in [1.29, 1.82) is 0 Å². The number of rotatable bonds is 4. The number of hydrogen-bond donors (Lipinski definition) is 1. The Morgan fingerprint density at radius 2 is 1.32 bits per heavy atom. The van der Waals surface area contributed by atoms with E-state index in [2.05, 4.69) is 5.32 Å². The fourth-order valence-corrected chi connectivity index (χ4v) is 2.53. The number of hydrogen-bond acceptors (Lipinski definition) is 2. The van der Waals surface area contributed by atoms with Gasteiger partial charge in [0.15, 0.2) is 0 Å². The van der Waals surface area contributed by atoms with E-state index in [1.54, 1.807) is 0 Å². The third-order valence-corrected chi connectivity index (χ3v) is 4.01. The highest BCUT2D eigenvalue weighted by Gasteiger charge is 2.09. The molecule has 0 fully saturated rings. The van der Waals surface area contributed by atoms with E-state index >= 15 is 0 Å². The predicted octanol–water partition coefficient (Wildman–Crippen LogP) is 5.66. The summed E-state index contributed by atoms with van der Waals surface area (Å²) in [6.45, 7) is 5.96. The molecule has 0 aliphatic carbocycles. The Labute approximate surface area is 148 Å². The van der Waals surface area contributed by atoms with Crippen LogP contribution in [0.3, 0.4) is 0 Å². The lowest BCUT2D eigenvalue weighted by atomic mass is 10.1. The molecular weight excluding hydrogens is 310 g/mol. The van der Waals surface area contributed by atoms with Gasteiger partial charge in [-0.2, -0.15) is 0 Å². The van der Waals surface area contributed by atoms with Crippen molar-refractivity contribution in [2.24, 2.45) is 0 Å². The molecule has 3 aromatic carbocycles. The molecule has 3 heteroatoms. The highest BCUT2D eigenvalue weighted by Crippen LogP contribution is 2.23. The molecule has 0 spiro atoms. The van der Waals surface area contributed by atoms with Gasteiger partial charge in [0.05, 0.1) is 0 Å². The van der Waals surface area contributed by atoms with E-state index in [9.17, 15) is 4.79 Å². The van der Waals surface area contributed by atoms with E-state index in [4.69, 9.17) is 4.74 Å². The zero-order valence-corrected chi connectivity index (χ0v) is 14.7. The summed E-state index contributed by atoms with van der Waals surface area (Å²) in [5, 5.41) is 2.93. The minimum Gasteiger partial charge on any atom is -0.457 e. The van der Waals surface area contributed by atoms with Crippen molar-refractivity contribution >= 4 is 11.6 Å². The first kappa shape index (κ1) is 16.8. The van der Waals surface area contributed by atoms with Crippen molar-refractivity contribution in [2.45, 2.75) is 20.8 Å². The predicted molar refractivity (Wildman–Crippen MR) is 102 cm³/mol. The quantitative estimate of drug-likeness (QED) is 0.670. The number of benzene rings is 3. The van der Waals surface area contributed by atoms with Gasteiger partial charge in [-0.15, -0.1) is 0 Å². The van der Waals surface area contributed by atoms with E-state index in [1.165, 1.54) is 5.56 Å². The Bertz CT molecular complexity index is 881. The van der Waals surface area contributed by atoms with Gasteiger partial charge in [0.2, 0.25) is 0 Å². The fraction of sp³-hybridized carbons (Fsp3) is 0.136. The molecule has 0 bridgehead atoms. The second kappa shape index (κ2) is 7.22. The van der Waals surface area contributed by atoms with Gasteiger partial charge in [-0.25, -0.2) is 0 Å². The van der Waals surface area contributed by atoms with Crippen LogP contribution in [0.15, 0.2) is 66.7 Å². The van der Waals surface area contributed by atoms with Gasteiger partial charge < -0.3 is 10.1 Å². The minimum absolute atomic E-state index is 0.103. The molecule has 25 heavy (non-hydrogen) atoms. The van der Waals surface area contributed by atoms with Crippen LogP contribution in [0.1, 0.15) is 27.0 Å². The molecule has 0 aliphatic rings. The number of carbonyl (C=O) groups excluding carboxylic acids is 1. The van der Waals surface area contributed by atoms with Gasteiger partial charge in [-0.05, 0) is 68.8 Å².